The lowest BCUT2D eigenvalue weighted by molar-refractivity contribution is 0.0689. The van der Waals surface area contributed by atoms with E-state index in [1.807, 2.05) is 12.1 Å². The van der Waals surface area contributed by atoms with E-state index < -0.39 is 5.97 Å². The molecule has 0 amide bonds. The molecule has 92 valence electrons. The number of aryl methyl sites for hydroxylation is 1. The van der Waals surface area contributed by atoms with Crippen molar-refractivity contribution in [2.75, 3.05) is 0 Å². The van der Waals surface area contributed by atoms with Gasteiger partial charge in [-0.2, -0.15) is 0 Å². The number of benzene rings is 1. The van der Waals surface area contributed by atoms with Crippen LogP contribution in [0.25, 0.3) is 0 Å². The lowest BCUT2D eigenvalue weighted by Crippen LogP contribution is -2.01. The Morgan fingerprint density at radius 3 is 2.83 bits per heavy atom. The second kappa shape index (κ2) is 5.64. The van der Waals surface area contributed by atoms with E-state index in [4.69, 9.17) is 5.11 Å². The smallest absolute Gasteiger partial charge is 0.356 e. The molecule has 1 N–H and O–H groups in total. The van der Waals surface area contributed by atoms with E-state index in [0.717, 1.165) is 5.75 Å². The Hall–Kier alpha value is -1.88. The van der Waals surface area contributed by atoms with E-state index in [1.165, 1.54) is 29.1 Å². The summed E-state index contributed by atoms with van der Waals surface area (Å²) in [5.74, 6) is -0.300. The fourth-order valence-electron chi connectivity index (χ4n) is 1.44. The third-order valence-corrected chi connectivity index (χ3v) is 3.42. The Bertz CT molecular complexity index is 572. The molecule has 5 heteroatoms. The summed E-state index contributed by atoms with van der Waals surface area (Å²) >= 11 is 1.48. The molecule has 0 bridgehead atoms. The molecule has 1 aromatic carbocycles. The van der Waals surface area contributed by atoms with Gasteiger partial charge in [0.2, 0.25) is 0 Å². The van der Waals surface area contributed by atoms with Crippen LogP contribution in [0.2, 0.25) is 0 Å². The third-order valence-electron chi connectivity index (χ3n) is 2.47. The van der Waals surface area contributed by atoms with Crippen molar-refractivity contribution in [3.05, 3.63) is 53.5 Å². The summed E-state index contributed by atoms with van der Waals surface area (Å²) in [6.45, 7) is 2.05. The van der Waals surface area contributed by atoms with Crippen LogP contribution in [0, 0.1) is 6.92 Å². The van der Waals surface area contributed by atoms with Crippen LogP contribution in [-0.4, -0.2) is 21.0 Å². The van der Waals surface area contributed by atoms with Crippen LogP contribution in [0.15, 0.2) is 41.7 Å². The minimum absolute atomic E-state index is 0.0233. The predicted molar refractivity (Wildman–Crippen MR) is 69.7 cm³/mol. The number of carbonyl (C=O) groups is 1. The molecule has 18 heavy (non-hydrogen) atoms. The first-order chi connectivity index (χ1) is 8.66. The highest BCUT2D eigenvalue weighted by Gasteiger charge is 2.07. The van der Waals surface area contributed by atoms with Crippen LogP contribution in [0.1, 0.15) is 21.6 Å². The Morgan fingerprint density at radius 2 is 2.11 bits per heavy atom. The number of carboxylic acid groups (broad SMARTS) is 1. The highest BCUT2D eigenvalue weighted by molar-refractivity contribution is 7.98. The second-order valence-corrected chi connectivity index (χ2v) is 4.76. The lowest BCUT2D eigenvalue weighted by Gasteiger charge is -2.04. The highest BCUT2D eigenvalue weighted by atomic mass is 32.2. The topological polar surface area (TPSA) is 63.1 Å². The molecule has 0 fully saturated rings. The van der Waals surface area contributed by atoms with Gasteiger partial charge < -0.3 is 5.11 Å². The fraction of sp³-hybridized carbons (Fsp3) is 0.154. The molecular weight excluding hydrogens is 248 g/mol. The minimum atomic E-state index is -1.05. The molecule has 2 rings (SSSR count). The summed E-state index contributed by atoms with van der Waals surface area (Å²) in [6.07, 6.45) is 2.83. The average molecular weight is 260 g/mol. The van der Waals surface area contributed by atoms with Crippen LogP contribution < -0.4 is 0 Å². The van der Waals surface area contributed by atoms with Gasteiger partial charge in [-0.1, -0.05) is 24.3 Å². The maximum Gasteiger partial charge on any atom is 0.356 e. The zero-order valence-electron chi connectivity index (χ0n) is 9.83. The summed E-state index contributed by atoms with van der Waals surface area (Å²) in [7, 11) is 0. The summed E-state index contributed by atoms with van der Waals surface area (Å²) in [4.78, 5) is 18.7. The van der Waals surface area contributed by atoms with Crippen molar-refractivity contribution in [3.63, 3.8) is 0 Å². The monoisotopic (exact) mass is 260 g/mol. The van der Waals surface area contributed by atoms with Gasteiger partial charge in [0.25, 0.3) is 0 Å². The van der Waals surface area contributed by atoms with Gasteiger partial charge in [0.1, 0.15) is 5.03 Å². The molecule has 1 heterocycles. The number of hydrogen-bond acceptors (Lipinski definition) is 4. The third kappa shape index (κ3) is 3.07. The number of nitrogens with zero attached hydrogens (tertiary/aromatic N) is 2. The molecule has 0 saturated carbocycles. The first-order valence-electron chi connectivity index (χ1n) is 5.39. The molecule has 0 atom stereocenters. The van der Waals surface area contributed by atoms with Gasteiger partial charge in [-0.3, -0.25) is 4.98 Å². The Kier molecular flexibility index (Phi) is 3.94. The van der Waals surface area contributed by atoms with Gasteiger partial charge in [-0.15, -0.1) is 11.8 Å². The van der Waals surface area contributed by atoms with Crippen LogP contribution >= 0.6 is 11.8 Å². The normalized spacial score (nSPS) is 10.3. The molecule has 0 radical (unpaired) electrons. The van der Waals surface area contributed by atoms with Gasteiger partial charge in [-0.05, 0) is 18.1 Å². The molecule has 0 aliphatic rings. The number of hydrogen-bond donors (Lipinski definition) is 1. The maximum absolute atomic E-state index is 10.8. The second-order valence-electron chi connectivity index (χ2n) is 3.76. The van der Waals surface area contributed by atoms with Crippen molar-refractivity contribution < 1.29 is 9.90 Å². The largest absolute Gasteiger partial charge is 0.476 e. The van der Waals surface area contributed by atoms with Crippen LogP contribution in [-0.2, 0) is 5.75 Å². The Balaban J connectivity index is 2.09. The predicted octanol–water partition coefficient (Wildman–Crippen LogP) is 2.78. The molecule has 2 aromatic rings. The van der Waals surface area contributed by atoms with Gasteiger partial charge in [0, 0.05) is 5.75 Å². The number of rotatable bonds is 4. The van der Waals surface area contributed by atoms with Crippen molar-refractivity contribution >= 4 is 17.7 Å². The zero-order valence-corrected chi connectivity index (χ0v) is 10.6. The standard InChI is InChI=1S/C13H12N2O2S/c1-9-4-2-3-5-10(9)8-18-12-7-14-6-11(15-12)13(16)17/h2-7H,8H2,1H3,(H,16,17). The first-order valence-corrected chi connectivity index (χ1v) is 6.38. The van der Waals surface area contributed by atoms with Crippen LogP contribution in [0.4, 0.5) is 0 Å². The highest BCUT2D eigenvalue weighted by Crippen LogP contribution is 2.22. The average Bonchev–Trinajstić information content (AvgIpc) is 2.38. The van der Waals surface area contributed by atoms with Crippen LogP contribution in [0.3, 0.4) is 0 Å². The van der Waals surface area contributed by atoms with Gasteiger partial charge in [-0.25, -0.2) is 9.78 Å². The zero-order chi connectivity index (χ0) is 13.0. The van der Waals surface area contributed by atoms with Crippen molar-refractivity contribution in [1.82, 2.24) is 9.97 Å². The van der Waals surface area contributed by atoms with Crippen molar-refractivity contribution in [3.8, 4) is 0 Å². The summed E-state index contributed by atoms with van der Waals surface area (Å²) in [5.41, 5.74) is 2.40. The SMILES string of the molecule is Cc1ccccc1CSc1cncc(C(=O)O)n1. The molecular formula is C13H12N2O2S. The van der Waals surface area contributed by atoms with E-state index in [-0.39, 0.29) is 5.69 Å². The number of carboxylic acids is 1. The Morgan fingerprint density at radius 1 is 1.33 bits per heavy atom. The molecule has 0 aliphatic carbocycles. The van der Waals surface area contributed by atoms with Crippen molar-refractivity contribution in [2.45, 2.75) is 17.7 Å². The van der Waals surface area contributed by atoms with E-state index in [2.05, 4.69) is 29.0 Å². The van der Waals surface area contributed by atoms with E-state index in [1.54, 1.807) is 6.20 Å². The summed E-state index contributed by atoms with van der Waals surface area (Å²) < 4.78 is 0. The van der Waals surface area contributed by atoms with Crippen molar-refractivity contribution in [2.24, 2.45) is 0 Å². The maximum atomic E-state index is 10.8. The van der Waals surface area contributed by atoms with Gasteiger partial charge in [0.15, 0.2) is 5.69 Å². The number of aromatic nitrogens is 2. The molecule has 0 unspecified atom stereocenters. The summed E-state index contributed by atoms with van der Waals surface area (Å²) in [5, 5.41) is 9.45. The first kappa shape index (κ1) is 12.6. The molecule has 1 aromatic heterocycles. The Labute approximate surface area is 109 Å². The molecule has 4 nitrogen and oxygen atoms in total. The van der Waals surface area contributed by atoms with Crippen LogP contribution in [0.5, 0.6) is 0 Å². The fourth-order valence-corrected chi connectivity index (χ4v) is 2.37. The molecule has 0 aliphatic heterocycles. The number of thioether (sulfide) groups is 1. The van der Waals surface area contributed by atoms with Crippen molar-refractivity contribution in [1.29, 1.82) is 0 Å². The quantitative estimate of drug-likeness (QED) is 0.856. The molecule has 0 saturated heterocycles. The van der Waals surface area contributed by atoms with E-state index >= 15 is 0 Å². The molecule has 0 spiro atoms. The minimum Gasteiger partial charge on any atom is -0.476 e. The lowest BCUT2D eigenvalue weighted by atomic mass is 10.1. The summed E-state index contributed by atoms with van der Waals surface area (Å²) in [6, 6.07) is 8.09. The van der Waals surface area contributed by atoms with E-state index in [9.17, 15) is 4.79 Å². The van der Waals surface area contributed by atoms with E-state index in [0.29, 0.717) is 5.03 Å². The van der Waals surface area contributed by atoms with Gasteiger partial charge in [0.05, 0.1) is 12.4 Å². The number of aromatic carboxylic acids is 1. The van der Waals surface area contributed by atoms with Gasteiger partial charge >= 0.3 is 5.97 Å².